The lowest BCUT2D eigenvalue weighted by atomic mass is 10.3. The maximum absolute atomic E-state index is 8.78. The van der Waals surface area contributed by atoms with Crippen LogP contribution in [0.3, 0.4) is 0 Å². The summed E-state index contributed by atoms with van der Waals surface area (Å²) in [5.74, 6) is 0.848. The SMILES string of the molecule is Cc1cnc(Nc2cc(C#N)cc(N)n2)s1. The van der Waals surface area contributed by atoms with Gasteiger partial charge >= 0.3 is 0 Å². The molecule has 80 valence electrons. The predicted molar refractivity (Wildman–Crippen MR) is 63.5 cm³/mol. The molecule has 0 spiro atoms. The molecule has 0 saturated heterocycles. The summed E-state index contributed by atoms with van der Waals surface area (Å²) in [5, 5.41) is 12.5. The first-order valence-electron chi connectivity index (χ1n) is 4.54. The highest BCUT2D eigenvalue weighted by Gasteiger charge is 2.03. The Bertz CT molecular complexity index is 555. The zero-order valence-corrected chi connectivity index (χ0v) is 9.38. The lowest BCUT2D eigenvalue weighted by Crippen LogP contribution is -1.97. The van der Waals surface area contributed by atoms with Crippen LogP contribution in [-0.2, 0) is 0 Å². The topological polar surface area (TPSA) is 87.6 Å². The first kappa shape index (κ1) is 10.4. The van der Waals surface area contributed by atoms with Gasteiger partial charge in [0, 0.05) is 11.1 Å². The number of hydrogen-bond acceptors (Lipinski definition) is 6. The lowest BCUT2D eigenvalue weighted by molar-refractivity contribution is 1.28. The second kappa shape index (κ2) is 4.16. The van der Waals surface area contributed by atoms with E-state index in [1.807, 2.05) is 13.0 Å². The van der Waals surface area contributed by atoms with Crippen molar-refractivity contribution in [1.29, 1.82) is 5.26 Å². The summed E-state index contributed by atoms with van der Waals surface area (Å²) in [7, 11) is 0. The molecule has 0 aliphatic carbocycles. The second-order valence-electron chi connectivity index (χ2n) is 3.18. The number of nitrogens with zero attached hydrogens (tertiary/aromatic N) is 3. The molecular formula is C10H9N5S. The smallest absolute Gasteiger partial charge is 0.188 e. The molecular weight excluding hydrogens is 222 g/mol. The number of pyridine rings is 1. The van der Waals surface area contributed by atoms with Crippen LogP contribution in [0.25, 0.3) is 0 Å². The second-order valence-corrected chi connectivity index (χ2v) is 4.41. The first-order chi connectivity index (χ1) is 7.67. The van der Waals surface area contributed by atoms with Gasteiger partial charge in [-0.3, -0.25) is 0 Å². The van der Waals surface area contributed by atoms with Crippen LogP contribution in [0.5, 0.6) is 0 Å². The van der Waals surface area contributed by atoms with Crippen molar-refractivity contribution >= 4 is 28.1 Å². The van der Waals surface area contributed by atoms with Gasteiger partial charge in [-0.15, -0.1) is 11.3 Å². The van der Waals surface area contributed by atoms with E-state index in [9.17, 15) is 0 Å². The van der Waals surface area contributed by atoms with E-state index in [1.165, 1.54) is 17.4 Å². The Morgan fingerprint density at radius 2 is 2.31 bits per heavy atom. The van der Waals surface area contributed by atoms with Crippen molar-refractivity contribution in [2.75, 3.05) is 11.1 Å². The van der Waals surface area contributed by atoms with Crippen LogP contribution in [0.1, 0.15) is 10.4 Å². The highest BCUT2D eigenvalue weighted by atomic mass is 32.1. The normalized spacial score (nSPS) is 9.75. The number of nitrogens with two attached hydrogens (primary N) is 1. The minimum absolute atomic E-state index is 0.315. The maximum atomic E-state index is 8.78. The molecule has 0 saturated carbocycles. The highest BCUT2D eigenvalue weighted by Crippen LogP contribution is 2.21. The van der Waals surface area contributed by atoms with E-state index in [4.69, 9.17) is 11.0 Å². The summed E-state index contributed by atoms with van der Waals surface area (Å²) < 4.78 is 0. The minimum atomic E-state index is 0.315. The molecule has 2 aromatic heterocycles. The van der Waals surface area contributed by atoms with Crippen molar-refractivity contribution in [2.45, 2.75) is 6.92 Å². The summed E-state index contributed by atoms with van der Waals surface area (Å²) in [4.78, 5) is 9.31. The van der Waals surface area contributed by atoms with Gasteiger partial charge in [-0.2, -0.15) is 5.26 Å². The van der Waals surface area contributed by atoms with Crippen LogP contribution in [-0.4, -0.2) is 9.97 Å². The van der Waals surface area contributed by atoms with Crippen molar-refractivity contribution in [3.63, 3.8) is 0 Å². The molecule has 3 N–H and O–H groups in total. The molecule has 0 bridgehead atoms. The van der Waals surface area contributed by atoms with Gasteiger partial charge in [0.15, 0.2) is 5.13 Å². The van der Waals surface area contributed by atoms with Gasteiger partial charge in [0.05, 0.1) is 11.6 Å². The Balaban J connectivity index is 2.28. The number of nitrogens with one attached hydrogen (secondary N) is 1. The number of thiazole rings is 1. The Morgan fingerprint density at radius 1 is 1.50 bits per heavy atom. The zero-order chi connectivity index (χ0) is 11.5. The standard InChI is InChI=1S/C10H9N5S/c1-6-5-13-10(16-6)15-9-3-7(4-11)2-8(12)14-9/h2-3,5H,1H3,(H3,12,13,14,15). The van der Waals surface area contributed by atoms with Gasteiger partial charge in [0.2, 0.25) is 0 Å². The summed E-state index contributed by atoms with van der Waals surface area (Å²) >= 11 is 1.52. The van der Waals surface area contributed by atoms with E-state index < -0.39 is 0 Å². The van der Waals surface area contributed by atoms with E-state index in [2.05, 4.69) is 15.3 Å². The zero-order valence-electron chi connectivity index (χ0n) is 8.56. The van der Waals surface area contributed by atoms with Crippen LogP contribution < -0.4 is 11.1 Å². The molecule has 2 aromatic rings. The highest BCUT2D eigenvalue weighted by molar-refractivity contribution is 7.15. The molecule has 2 heterocycles. The summed E-state index contributed by atoms with van der Waals surface area (Å²) in [6.45, 7) is 1.97. The van der Waals surface area contributed by atoms with E-state index in [0.29, 0.717) is 17.2 Å². The summed E-state index contributed by atoms with van der Waals surface area (Å²) in [5.41, 5.74) is 6.05. The molecule has 0 aliphatic heterocycles. The molecule has 2 rings (SSSR count). The minimum Gasteiger partial charge on any atom is -0.384 e. The van der Waals surface area contributed by atoms with Gasteiger partial charge in [0.25, 0.3) is 0 Å². The third-order valence-electron chi connectivity index (χ3n) is 1.83. The monoisotopic (exact) mass is 231 g/mol. The lowest BCUT2D eigenvalue weighted by Gasteiger charge is -2.02. The van der Waals surface area contributed by atoms with Crippen LogP contribution in [0.2, 0.25) is 0 Å². The van der Waals surface area contributed by atoms with Crippen molar-refractivity contribution < 1.29 is 0 Å². The number of aryl methyl sites for hydroxylation is 1. The third kappa shape index (κ3) is 2.27. The third-order valence-corrected chi connectivity index (χ3v) is 2.66. The fraction of sp³-hybridized carbons (Fsp3) is 0.100. The molecule has 0 atom stereocenters. The van der Waals surface area contributed by atoms with Crippen LogP contribution >= 0.6 is 11.3 Å². The van der Waals surface area contributed by atoms with Crippen molar-refractivity contribution in [1.82, 2.24) is 9.97 Å². The molecule has 6 heteroatoms. The Morgan fingerprint density at radius 3 is 2.94 bits per heavy atom. The maximum Gasteiger partial charge on any atom is 0.188 e. The fourth-order valence-corrected chi connectivity index (χ4v) is 1.87. The quantitative estimate of drug-likeness (QED) is 0.825. The number of nitriles is 1. The first-order valence-corrected chi connectivity index (χ1v) is 5.36. The predicted octanol–water partition coefficient (Wildman–Crippen LogP) is 2.04. The number of hydrogen-bond donors (Lipinski definition) is 2. The van der Waals surface area contributed by atoms with Crippen molar-refractivity contribution in [2.24, 2.45) is 0 Å². The van der Waals surface area contributed by atoms with Crippen molar-refractivity contribution in [3.8, 4) is 6.07 Å². The molecule has 5 nitrogen and oxygen atoms in total. The van der Waals surface area contributed by atoms with E-state index >= 15 is 0 Å². The molecule has 0 aromatic carbocycles. The molecule has 0 amide bonds. The van der Waals surface area contributed by atoms with Gasteiger partial charge in [-0.05, 0) is 19.1 Å². The van der Waals surface area contributed by atoms with Crippen LogP contribution in [0.15, 0.2) is 18.3 Å². The average molecular weight is 231 g/mol. The number of anilines is 3. The molecule has 0 radical (unpaired) electrons. The van der Waals surface area contributed by atoms with E-state index in [0.717, 1.165) is 10.0 Å². The van der Waals surface area contributed by atoms with Gasteiger partial charge in [0.1, 0.15) is 11.6 Å². The number of rotatable bonds is 2. The average Bonchev–Trinajstić information content (AvgIpc) is 2.63. The van der Waals surface area contributed by atoms with Crippen LogP contribution in [0.4, 0.5) is 16.8 Å². The molecule has 0 unspecified atom stereocenters. The van der Waals surface area contributed by atoms with E-state index in [-0.39, 0.29) is 0 Å². The van der Waals surface area contributed by atoms with Gasteiger partial charge < -0.3 is 11.1 Å². The van der Waals surface area contributed by atoms with Crippen molar-refractivity contribution in [3.05, 3.63) is 28.8 Å². The van der Waals surface area contributed by atoms with Gasteiger partial charge in [-0.25, -0.2) is 9.97 Å². The summed E-state index contributed by atoms with van der Waals surface area (Å²) in [6, 6.07) is 5.18. The molecule has 0 fully saturated rings. The largest absolute Gasteiger partial charge is 0.384 e. The fourth-order valence-electron chi connectivity index (χ4n) is 1.20. The van der Waals surface area contributed by atoms with Crippen LogP contribution in [0, 0.1) is 18.3 Å². The Kier molecular flexibility index (Phi) is 2.70. The number of aromatic nitrogens is 2. The molecule has 0 aliphatic rings. The van der Waals surface area contributed by atoms with Gasteiger partial charge in [-0.1, -0.05) is 0 Å². The Hall–Kier alpha value is -2.13. The van der Waals surface area contributed by atoms with E-state index in [1.54, 1.807) is 12.3 Å². The molecule has 16 heavy (non-hydrogen) atoms. The number of nitrogen functional groups attached to an aromatic ring is 1. The summed E-state index contributed by atoms with van der Waals surface area (Å²) in [6.07, 6.45) is 1.77. The Labute approximate surface area is 96.6 Å².